The maximum atomic E-state index is 13.2. The molecule has 0 unspecified atom stereocenters. The number of aliphatic hydroxyl groups is 1. The van der Waals surface area contributed by atoms with Gasteiger partial charge in [0.25, 0.3) is 5.91 Å². The van der Waals surface area contributed by atoms with Crippen LogP contribution in [0.5, 0.6) is 5.75 Å². The summed E-state index contributed by atoms with van der Waals surface area (Å²) in [5.41, 5.74) is 0.936. The van der Waals surface area contributed by atoms with Gasteiger partial charge in [-0.15, -0.1) is 0 Å². The van der Waals surface area contributed by atoms with Crippen molar-refractivity contribution in [2.45, 2.75) is 26.7 Å². The number of amides is 1. The van der Waals surface area contributed by atoms with Crippen molar-refractivity contribution in [1.82, 2.24) is 5.32 Å². The van der Waals surface area contributed by atoms with Crippen LogP contribution in [0.2, 0.25) is 0 Å². The van der Waals surface area contributed by atoms with Crippen LogP contribution in [-0.2, 0) is 4.79 Å². The average Bonchev–Trinajstić information content (AvgIpc) is 2.50. The Kier molecular flexibility index (Phi) is 5.19. The number of carbonyl (C=O) groups excluding carboxylic acids is 1. The summed E-state index contributed by atoms with van der Waals surface area (Å²) in [5, 5.41) is 12.0. The molecular weight excluding hydrogens is 285 g/mol. The van der Waals surface area contributed by atoms with E-state index in [1.807, 2.05) is 13.8 Å². The molecule has 1 aromatic rings. The number of aliphatic hydroxyl groups excluding tert-OH is 1. The molecule has 0 aromatic heterocycles. The number of benzene rings is 1. The van der Waals surface area contributed by atoms with Gasteiger partial charge in [0, 0.05) is 18.7 Å². The molecule has 0 radical (unpaired) electrons. The van der Waals surface area contributed by atoms with Crippen LogP contribution in [0.1, 0.15) is 32.3 Å². The molecule has 0 spiro atoms. The molecule has 5 heteroatoms. The van der Waals surface area contributed by atoms with Gasteiger partial charge in [0.2, 0.25) is 0 Å². The van der Waals surface area contributed by atoms with Gasteiger partial charge in [-0.25, -0.2) is 4.39 Å². The SMILES string of the molecule is CC(C)(CO)CCCNC(=O)C1=Cc2cc(F)ccc2OC1. The van der Waals surface area contributed by atoms with Crippen LogP contribution >= 0.6 is 0 Å². The van der Waals surface area contributed by atoms with E-state index in [0.717, 1.165) is 12.8 Å². The lowest BCUT2D eigenvalue weighted by molar-refractivity contribution is -0.117. The lowest BCUT2D eigenvalue weighted by Crippen LogP contribution is -2.30. The first-order valence-electron chi connectivity index (χ1n) is 7.43. The minimum Gasteiger partial charge on any atom is -0.488 e. The van der Waals surface area contributed by atoms with Crippen LogP contribution in [0.4, 0.5) is 4.39 Å². The van der Waals surface area contributed by atoms with Crippen molar-refractivity contribution in [3.8, 4) is 5.75 Å². The van der Waals surface area contributed by atoms with Gasteiger partial charge < -0.3 is 15.2 Å². The van der Waals surface area contributed by atoms with Crippen LogP contribution in [0.15, 0.2) is 23.8 Å². The van der Waals surface area contributed by atoms with Crippen molar-refractivity contribution in [1.29, 1.82) is 0 Å². The largest absolute Gasteiger partial charge is 0.488 e. The topological polar surface area (TPSA) is 58.6 Å². The highest BCUT2D eigenvalue weighted by atomic mass is 19.1. The van der Waals surface area contributed by atoms with Gasteiger partial charge in [-0.1, -0.05) is 13.8 Å². The highest BCUT2D eigenvalue weighted by molar-refractivity contribution is 5.99. The van der Waals surface area contributed by atoms with Gasteiger partial charge >= 0.3 is 0 Å². The second-order valence-corrected chi connectivity index (χ2v) is 6.32. The Morgan fingerprint density at radius 2 is 2.23 bits per heavy atom. The average molecular weight is 307 g/mol. The molecule has 0 saturated carbocycles. The van der Waals surface area contributed by atoms with E-state index >= 15 is 0 Å². The molecule has 0 saturated heterocycles. The first-order chi connectivity index (χ1) is 10.4. The Hall–Kier alpha value is -1.88. The second-order valence-electron chi connectivity index (χ2n) is 6.32. The summed E-state index contributed by atoms with van der Waals surface area (Å²) >= 11 is 0. The van der Waals surface area contributed by atoms with Crippen molar-refractivity contribution in [3.63, 3.8) is 0 Å². The second kappa shape index (κ2) is 6.92. The lowest BCUT2D eigenvalue weighted by Gasteiger charge is -2.21. The van der Waals surface area contributed by atoms with Gasteiger partial charge in [-0.3, -0.25) is 4.79 Å². The van der Waals surface area contributed by atoms with Gasteiger partial charge in [0.1, 0.15) is 18.2 Å². The van der Waals surface area contributed by atoms with Crippen molar-refractivity contribution in [2.75, 3.05) is 19.8 Å². The number of ether oxygens (including phenoxy) is 1. The van der Waals surface area contributed by atoms with E-state index in [0.29, 0.717) is 23.4 Å². The Morgan fingerprint density at radius 1 is 1.45 bits per heavy atom. The maximum absolute atomic E-state index is 13.2. The lowest BCUT2D eigenvalue weighted by atomic mass is 9.89. The fourth-order valence-electron chi connectivity index (χ4n) is 2.24. The molecule has 1 aliphatic heterocycles. The minimum absolute atomic E-state index is 0.127. The van der Waals surface area contributed by atoms with Crippen LogP contribution < -0.4 is 10.1 Å². The normalized spacial score (nSPS) is 13.9. The third kappa shape index (κ3) is 4.31. The zero-order valence-corrected chi connectivity index (χ0v) is 13.0. The molecule has 1 aromatic carbocycles. The zero-order valence-electron chi connectivity index (χ0n) is 13.0. The number of fused-ring (bicyclic) bond motifs is 1. The van der Waals surface area contributed by atoms with Gasteiger partial charge in [0.15, 0.2) is 0 Å². The maximum Gasteiger partial charge on any atom is 0.250 e. The van der Waals surface area contributed by atoms with Crippen molar-refractivity contribution in [3.05, 3.63) is 35.2 Å². The molecule has 1 heterocycles. The number of hydrogen-bond acceptors (Lipinski definition) is 3. The third-order valence-electron chi connectivity index (χ3n) is 3.72. The fourth-order valence-corrected chi connectivity index (χ4v) is 2.24. The van der Waals surface area contributed by atoms with E-state index in [1.54, 1.807) is 12.1 Å². The molecule has 2 N–H and O–H groups in total. The summed E-state index contributed by atoms with van der Waals surface area (Å²) in [4.78, 5) is 12.1. The number of rotatable bonds is 6. The molecule has 2 rings (SSSR count). The van der Waals surface area contributed by atoms with Crippen molar-refractivity contribution in [2.24, 2.45) is 5.41 Å². The summed E-state index contributed by atoms with van der Waals surface area (Å²) in [7, 11) is 0. The van der Waals surface area contributed by atoms with E-state index in [9.17, 15) is 14.3 Å². The summed E-state index contributed by atoms with van der Waals surface area (Å²) in [6, 6.07) is 4.25. The molecule has 4 nitrogen and oxygen atoms in total. The summed E-state index contributed by atoms with van der Waals surface area (Å²) in [6.45, 7) is 4.82. The monoisotopic (exact) mass is 307 g/mol. The summed E-state index contributed by atoms with van der Waals surface area (Å²) in [6.07, 6.45) is 3.28. The number of halogens is 1. The quantitative estimate of drug-likeness (QED) is 0.794. The minimum atomic E-state index is -0.355. The van der Waals surface area contributed by atoms with E-state index in [2.05, 4.69) is 5.32 Å². The molecular formula is C17H22FNO3. The Morgan fingerprint density at radius 3 is 2.95 bits per heavy atom. The highest BCUT2D eigenvalue weighted by Crippen LogP contribution is 2.27. The number of nitrogens with one attached hydrogen (secondary N) is 1. The molecule has 0 aliphatic carbocycles. The zero-order chi connectivity index (χ0) is 16.2. The molecule has 22 heavy (non-hydrogen) atoms. The summed E-state index contributed by atoms with van der Waals surface area (Å²) in [5.74, 6) is 0.0332. The predicted molar refractivity (Wildman–Crippen MR) is 83.0 cm³/mol. The van der Waals surface area contributed by atoms with E-state index in [4.69, 9.17) is 4.74 Å². The molecule has 0 bridgehead atoms. The molecule has 120 valence electrons. The first kappa shape index (κ1) is 16.5. The Balaban J connectivity index is 1.88. The van der Waals surface area contributed by atoms with Gasteiger partial charge in [-0.2, -0.15) is 0 Å². The fraction of sp³-hybridized carbons (Fsp3) is 0.471. The van der Waals surface area contributed by atoms with E-state index in [-0.39, 0.29) is 30.4 Å². The standard InChI is InChI=1S/C17H22FNO3/c1-17(2,11-20)6-3-7-19-16(21)13-8-12-9-14(18)4-5-15(12)22-10-13/h4-5,8-9,20H,3,6-7,10-11H2,1-2H3,(H,19,21). The molecule has 0 atom stereocenters. The van der Waals surface area contributed by atoms with Crippen LogP contribution in [0.25, 0.3) is 6.08 Å². The Bertz CT molecular complexity index is 581. The smallest absolute Gasteiger partial charge is 0.250 e. The first-order valence-corrected chi connectivity index (χ1v) is 7.43. The van der Waals surface area contributed by atoms with E-state index < -0.39 is 0 Å². The van der Waals surface area contributed by atoms with Crippen molar-refractivity contribution >= 4 is 12.0 Å². The Labute approximate surface area is 130 Å². The predicted octanol–water partition coefficient (Wildman–Crippen LogP) is 2.52. The highest BCUT2D eigenvalue weighted by Gasteiger charge is 2.18. The molecule has 1 amide bonds. The summed E-state index contributed by atoms with van der Waals surface area (Å²) < 4.78 is 18.7. The van der Waals surface area contributed by atoms with Crippen LogP contribution in [0.3, 0.4) is 0 Å². The van der Waals surface area contributed by atoms with Gasteiger partial charge in [-0.05, 0) is 42.5 Å². The van der Waals surface area contributed by atoms with Crippen LogP contribution in [0, 0.1) is 11.2 Å². The number of hydrogen-bond donors (Lipinski definition) is 2. The third-order valence-corrected chi connectivity index (χ3v) is 3.72. The molecule has 0 fully saturated rings. The number of carbonyl (C=O) groups is 1. The van der Waals surface area contributed by atoms with Crippen LogP contribution in [-0.4, -0.2) is 30.8 Å². The molecule has 1 aliphatic rings. The van der Waals surface area contributed by atoms with E-state index in [1.165, 1.54) is 12.1 Å². The van der Waals surface area contributed by atoms with Crippen molar-refractivity contribution < 1.29 is 19.0 Å². The van der Waals surface area contributed by atoms with Gasteiger partial charge in [0.05, 0.1) is 5.57 Å².